The lowest BCUT2D eigenvalue weighted by Gasteiger charge is -2.21. The molecule has 1 aromatic carbocycles. The molecule has 0 unspecified atom stereocenters. The van der Waals surface area contributed by atoms with Crippen LogP contribution >= 0.6 is 12.2 Å². The van der Waals surface area contributed by atoms with Crippen LogP contribution in [-0.4, -0.2) is 22.5 Å². The summed E-state index contributed by atoms with van der Waals surface area (Å²) in [6.07, 6.45) is 0. The van der Waals surface area contributed by atoms with Crippen molar-refractivity contribution in [2.75, 3.05) is 11.9 Å². The second kappa shape index (κ2) is 3.84. The zero-order valence-corrected chi connectivity index (χ0v) is 9.60. The zero-order chi connectivity index (χ0) is 11.8. The fourth-order valence-electron chi connectivity index (χ4n) is 1.73. The molecule has 0 saturated carbocycles. The quantitative estimate of drug-likeness (QED) is 0.664. The first-order chi connectivity index (χ1) is 7.54. The number of amides is 1. The van der Waals surface area contributed by atoms with Gasteiger partial charge in [0.15, 0.2) is 5.60 Å². The van der Waals surface area contributed by atoms with Crippen LogP contribution in [0.25, 0.3) is 0 Å². The van der Waals surface area contributed by atoms with Crippen LogP contribution in [0.3, 0.4) is 0 Å². The topological polar surface area (TPSA) is 61.4 Å². The molecule has 2 rings (SSSR count). The Kier molecular flexibility index (Phi) is 2.65. The van der Waals surface area contributed by atoms with Crippen LogP contribution in [0.5, 0.6) is 0 Å². The Hall–Kier alpha value is -1.46. The minimum absolute atomic E-state index is 0.0885. The molecule has 1 amide bonds. The lowest BCUT2D eigenvalue weighted by atomic mass is 9.95. The molecule has 1 aliphatic heterocycles. The highest BCUT2D eigenvalue weighted by molar-refractivity contribution is 7.80. The number of anilines is 1. The summed E-state index contributed by atoms with van der Waals surface area (Å²) in [5.74, 6) is -0.419. The van der Waals surface area contributed by atoms with E-state index in [4.69, 9.17) is 12.2 Å². The Morgan fingerprint density at radius 1 is 1.56 bits per heavy atom. The first-order valence-electron chi connectivity index (χ1n) is 4.92. The maximum atomic E-state index is 11.7. The Balaban J connectivity index is 2.33. The molecule has 4 nitrogen and oxygen atoms in total. The van der Waals surface area contributed by atoms with Crippen molar-refractivity contribution in [2.45, 2.75) is 12.5 Å². The number of nitrogens with one attached hydrogen (secondary N) is 2. The van der Waals surface area contributed by atoms with Gasteiger partial charge in [-0.05, 0) is 13.0 Å². The Morgan fingerprint density at radius 2 is 2.25 bits per heavy atom. The molecule has 0 aliphatic carbocycles. The number of hydrogen-bond donors (Lipinski definition) is 3. The fourth-order valence-corrected chi connectivity index (χ4v) is 1.80. The first kappa shape index (κ1) is 11.0. The third kappa shape index (κ3) is 1.68. The third-order valence-electron chi connectivity index (χ3n) is 2.59. The van der Waals surface area contributed by atoms with Gasteiger partial charge in [0.05, 0.1) is 11.5 Å². The van der Waals surface area contributed by atoms with Gasteiger partial charge in [-0.25, -0.2) is 0 Å². The smallest absolute Gasteiger partial charge is 0.262 e. The number of thiocarbonyl (C=S) groups is 1. The van der Waals surface area contributed by atoms with Gasteiger partial charge in [-0.15, -0.1) is 0 Å². The molecular formula is C11H12N2O2S. The largest absolute Gasteiger partial charge is 0.376 e. The lowest BCUT2D eigenvalue weighted by Crippen LogP contribution is -2.44. The van der Waals surface area contributed by atoms with Crippen LogP contribution < -0.4 is 10.6 Å². The van der Waals surface area contributed by atoms with Gasteiger partial charge in [0.1, 0.15) is 0 Å². The number of rotatable bonds is 2. The van der Waals surface area contributed by atoms with Crippen LogP contribution in [-0.2, 0) is 10.4 Å². The number of benzene rings is 1. The Bertz CT molecular complexity index is 461. The van der Waals surface area contributed by atoms with E-state index in [1.54, 1.807) is 25.1 Å². The second-order valence-electron chi connectivity index (χ2n) is 3.77. The lowest BCUT2D eigenvalue weighted by molar-refractivity contribution is -0.132. The molecule has 0 spiro atoms. The first-order valence-corrected chi connectivity index (χ1v) is 5.32. The van der Waals surface area contributed by atoms with Crippen molar-refractivity contribution < 1.29 is 9.90 Å². The average molecular weight is 236 g/mol. The summed E-state index contributed by atoms with van der Waals surface area (Å²) in [5, 5.41) is 15.8. The molecule has 0 saturated heterocycles. The third-order valence-corrected chi connectivity index (χ3v) is 2.73. The summed E-state index contributed by atoms with van der Waals surface area (Å²) >= 11 is 4.86. The molecule has 0 bridgehead atoms. The van der Waals surface area contributed by atoms with Crippen LogP contribution in [0.2, 0.25) is 0 Å². The van der Waals surface area contributed by atoms with E-state index >= 15 is 0 Å². The van der Waals surface area contributed by atoms with Crippen LogP contribution in [0.1, 0.15) is 12.5 Å². The fraction of sp³-hybridized carbons (Fsp3) is 0.273. The Labute approximate surface area is 98.7 Å². The highest BCUT2D eigenvalue weighted by atomic mass is 32.1. The van der Waals surface area contributed by atoms with E-state index in [9.17, 15) is 9.90 Å². The number of fused-ring (bicyclic) bond motifs is 1. The summed E-state index contributed by atoms with van der Waals surface area (Å²) in [6, 6.07) is 7.08. The van der Waals surface area contributed by atoms with Crippen molar-refractivity contribution in [3.63, 3.8) is 0 Å². The summed E-state index contributed by atoms with van der Waals surface area (Å²) in [7, 11) is 0. The van der Waals surface area contributed by atoms with E-state index in [-0.39, 0.29) is 6.54 Å². The molecule has 16 heavy (non-hydrogen) atoms. The number of carbonyl (C=O) groups excluding carboxylic acids is 1. The van der Waals surface area contributed by atoms with Crippen molar-refractivity contribution in [3.05, 3.63) is 29.8 Å². The highest BCUT2D eigenvalue weighted by Crippen LogP contribution is 2.34. The second-order valence-corrected chi connectivity index (χ2v) is 4.38. The molecule has 1 heterocycles. The molecule has 84 valence electrons. The minimum atomic E-state index is -1.53. The molecule has 5 heteroatoms. The molecule has 0 fully saturated rings. The van der Waals surface area contributed by atoms with Crippen LogP contribution in [0.15, 0.2) is 24.3 Å². The maximum absolute atomic E-state index is 11.7. The predicted molar refractivity (Wildman–Crippen MR) is 65.2 cm³/mol. The van der Waals surface area contributed by atoms with E-state index < -0.39 is 11.5 Å². The van der Waals surface area contributed by atoms with Gasteiger partial charge in [0.2, 0.25) is 0 Å². The van der Waals surface area contributed by atoms with E-state index in [0.29, 0.717) is 16.2 Å². The van der Waals surface area contributed by atoms with Crippen molar-refractivity contribution in [3.8, 4) is 0 Å². The molecule has 1 atom stereocenters. The van der Waals surface area contributed by atoms with Crippen molar-refractivity contribution in [2.24, 2.45) is 0 Å². The van der Waals surface area contributed by atoms with Crippen molar-refractivity contribution >= 4 is 28.8 Å². The van der Waals surface area contributed by atoms with E-state index in [1.807, 2.05) is 6.07 Å². The number of hydrogen-bond acceptors (Lipinski definition) is 3. The van der Waals surface area contributed by atoms with Gasteiger partial charge >= 0.3 is 0 Å². The summed E-state index contributed by atoms with van der Waals surface area (Å²) < 4.78 is 0. The standard InChI is InChI=1S/C11H12N2O2S/c1-7(16)12-6-11(15)8-4-2-3-5-9(8)13-10(11)14/h2-5,15H,6H2,1H3,(H,12,16)(H,13,14)/t11-/m0/s1. The van der Waals surface area contributed by atoms with Gasteiger partial charge in [0.25, 0.3) is 5.91 Å². The van der Waals surface area contributed by atoms with E-state index in [1.165, 1.54) is 0 Å². The molecular weight excluding hydrogens is 224 g/mol. The van der Waals surface area contributed by atoms with Gasteiger partial charge in [-0.1, -0.05) is 30.4 Å². The van der Waals surface area contributed by atoms with E-state index in [0.717, 1.165) is 0 Å². The summed E-state index contributed by atoms with van der Waals surface area (Å²) in [6.45, 7) is 1.79. The number of carbonyl (C=O) groups is 1. The molecule has 1 aliphatic rings. The highest BCUT2D eigenvalue weighted by Gasteiger charge is 2.44. The van der Waals surface area contributed by atoms with Gasteiger partial charge in [0, 0.05) is 11.3 Å². The molecule has 0 aromatic heterocycles. The van der Waals surface area contributed by atoms with Gasteiger partial charge in [-0.2, -0.15) is 0 Å². The normalized spacial score (nSPS) is 22.5. The van der Waals surface area contributed by atoms with Crippen molar-refractivity contribution in [1.82, 2.24) is 5.32 Å². The van der Waals surface area contributed by atoms with E-state index in [2.05, 4.69) is 10.6 Å². The average Bonchev–Trinajstić information content (AvgIpc) is 2.50. The van der Waals surface area contributed by atoms with Gasteiger partial charge < -0.3 is 15.7 Å². The predicted octanol–water partition coefficient (Wildman–Crippen LogP) is 0.763. The van der Waals surface area contributed by atoms with Gasteiger partial charge in [-0.3, -0.25) is 4.79 Å². The van der Waals surface area contributed by atoms with Crippen LogP contribution in [0, 0.1) is 0 Å². The molecule has 1 aromatic rings. The minimum Gasteiger partial charge on any atom is -0.376 e. The SMILES string of the molecule is CC(=S)NC[C@@]1(O)C(=O)Nc2ccccc21. The van der Waals surface area contributed by atoms with Crippen LogP contribution in [0.4, 0.5) is 5.69 Å². The molecule has 0 radical (unpaired) electrons. The zero-order valence-electron chi connectivity index (χ0n) is 8.78. The Morgan fingerprint density at radius 3 is 2.94 bits per heavy atom. The monoisotopic (exact) mass is 236 g/mol. The maximum Gasteiger partial charge on any atom is 0.262 e. The number of para-hydroxylation sites is 1. The number of aliphatic hydroxyl groups is 1. The molecule has 3 N–H and O–H groups in total. The summed E-state index contributed by atoms with van der Waals surface area (Å²) in [5.41, 5.74) is -0.293. The summed E-state index contributed by atoms with van der Waals surface area (Å²) in [4.78, 5) is 12.3. The van der Waals surface area contributed by atoms with Crippen molar-refractivity contribution in [1.29, 1.82) is 0 Å².